The Morgan fingerprint density at radius 2 is 1.85 bits per heavy atom. The Labute approximate surface area is 115 Å². The third-order valence-corrected chi connectivity index (χ3v) is 4.99. The SMILES string of the molecule is N/C(=C1\C(=O)c2ccccc2S1(=O)=O)c1cccnc1. The third kappa shape index (κ3) is 1.65. The van der Waals surface area contributed by atoms with E-state index in [0.29, 0.717) is 5.56 Å². The molecule has 0 saturated carbocycles. The van der Waals surface area contributed by atoms with Crippen molar-refractivity contribution in [3.05, 3.63) is 64.8 Å². The van der Waals surface area contributed by atoms with E-state index in [0.717, 1.165) is 0 Å². The van der Waals surface area contributed by atoms with Gasteiger partial charge in [-0.3, -0.25) is 9.78 Å². The van der Waals surface area contributed by atoms with E-state index in [1.54, 1.807) is 30.5 Å². The van der Waals surface area contributed by atoms with Crippen molar-refractivity contribution in [1.29, 1.82) is 0 Å². The molecule has 5 nitrogen and oxygen atoms in total. The van der Waals surface area contributed by atoms with Crippen molar-refractivity contribution in [3.8, 4) is 0 Å². The van der Waals surface area contributed by atoms with Gasteiger partial charge in [0.15, 0.2) is 0 Å². The summed E-state index contributed by atoms with van der Waals surface area (Å²) in [6, 6.07) is 9.33. The van der Waals surface area contributed by atoms with Crippen LogP contribution in [0.3, 0.4) is 0 Å². The van der Waals surface area contributed by atoms with Crippen LogP contribution in [0.25, 0.3) is 5.70 Å². The summed E-state index contributed by atoms with van der Waals surface area (Å²) in [5.74, 6) is -0.568. The van der Waals surface area contributed by atoms with Gasteiger partial charge in [-0.2, -0.15) is 0 Å². The molecule has 100 valence electrons. The minimum absolute atomic E-state index is 0.00633. The fourth-order valence-corrected chi connectivity index (χ4v) is 3.85. The number of hydrogen-bond donors (Lipinski definition) is 1. The van der Waals surface area contributed by atoms with Crippen molar-refractivity contribution < 1.29 is 13.2 Å². The Morgan fingerprint density at radius 1 is 1.10 bits per heavy atom. The van der Waals surface area contributed by atoms with E-state index in [4.69, 9.17) is 5.73 Å². The van der Waals surface area contributed by atoms with Crippen LogP contribution in [0, 0.1) is 0 Å². The van der Waals surface area contributed by atoms with Crippen LogP contribution in [0.5, 0.6) is 0 Å². The number of sulfone groups is 1. The van der Waals surface area contributed by atoms with Gasteiger partial charge in [-0.15, -0.1) is 0 Å². The molecule has 0 amide bonds. The number of nitrogens with two attached hydrogens (primary N) is 1. The second-order valence-corrected chi connectivity index (χ2v) is 6.17. The number of allylic oxidation sites excluding steroid dienone is 1. The van der Waals surface area contributed by atoms with E-state index < -0.39 is 15.6 Å². The Kier molecular flexibility index (Phi) is 2.69. The second kappa shape index (κ2) is 4.28. The summed E-state index contributed by atoms with van der Waals surface area (Å²) >= 11 is 0. The minimum Gasteiger partial charge on any atom is -0.397 e. The predicted molar refractivity (Wildman–Crippen MR) is 73.3 cm³/mol. The first-order chi connectivity index (χ1) is 9.53. The van der Waals surface area contributed by atoms with Crippen molar-refractivity contribution >= 4 is 21.3 Å². The largest absolute Gasteiger partial charge is 0.397 e. The molecule has 1 aromatic carbocycles. The van der Waals surface area contributed by atoms with Crippen molar-refractivity contribution in [1.82, 2.24) is 4.98 Å². The van der Waals surface area contributed by atoms with Gasteiger partial charge in [-0.1, -0.05) is 12.1 Å². The number of Topliss-reactive ketones (excluding diaryl/α,β-unsaturated/α-hetero) is 1. The zero-order chi connectivity index (χ0) is 14.3. The standard InChI is InChI=1S/C14H10N2O3S/c15-12(9-4-3-7-16-8-9)14-13(17)10-5-1-2-6-11(10)20(14,18)19/h1-8H,15H2/b14-12+. The van der Waals surface area contributed by atoms with E-state index in [1.807, 2.05) is 0 Å². The first-order valence-corrected chi connectivity index (χ1v) is 7.31. The lowest BCUT2D eigenvalue weighted by atomic mass is 10.1. The summed E-state index contributed by atoms with van der Waals surface area (Å²) in [4.78, 5) is 15.8. The van der Waals surface area contributed by atoms with E-state index >= 15 is 0 Å². The molecule has 20 heavy (non-hydrogen) atoms. The van der Waals surface area contributed by atoms with Crippen LogP contribution < -0.4 is 5.73 Å². The molecule has 2 aromatic rings. The summed E-state index contributed by atoms with van der Waals surface area (Å²) in [6.45, 7) is 0. The Balaban J connectivity index is 2.31. The highest BCUT2D eigenvalue weighted by Gasteiger charge is 2.40. The van der Waals surface area contributed by atoms with E-state index in [-0.39, 0.29) is 21.1 Å². The zero-order valence-corrected chi connectivity index (χ0v) is 11.1. The maximum absolute atomic E-state index is 12.4. The molecular formula is C14H10N2O3S. The van der Waals surface area contributed by atoms with E-state index in [1.165, 1.54) is 18.3 Å². The molecule has 1 aromatic heterocycles. The quantitative estimate of drug-likeness (QED) is 0.800. The number of ketones is 1. The molecule has 1 aliphatic rings. The summed E-state index contributed by atoms with van der Waals surface area (Å²) in [5, 5.41) is 0. The highest BCUT2D eigenvalue weighted by atomic mass is 32.2. The van der Waals surface area contributed by atoms with Gasteiger partial charge >= 0.3 is 0 Å². The van der Waals surface area contributed by atoms with Crippen molar-refractivity contribution in [3.63, 3.8) is 0 Å². The van der Waals surface area contributed by atoms with Crippen LogP contribution >= 0.6 is 0 Å². The molecule has 1 aliphatic heterocycles. The van der Waals surface area contributed by atoms with E-state index in [9.17, 15) is 13.2 Å². The highest BCUT2D eigenvalue weighted by molar-refractivity contribution is 7.97. The molecule has 0 fully saturated rings. The molecular weight excluding hydrogens is 276 g/mol. The Hall–Kier alpha value is -2.47. The molecule has 0 aliphatic carbocycles. The summed E-state index contributed by atoms with van der Waals surface area (Å²) in [5.41, 5.74) is 6.39. The molecule has 0 spiro atoms. The number of benzene rings is 1. The lowest BCUT2D eigenvalue weighted by Gasteiger charge is -2.04. The molecule has 0 radical (unpaired) electrons. The van der Waals surface area contributed by atoms with Gasteiger partial charge in [-0.05, 0) is 24.3 Å². The number of carbonyl (C=O) groups excluding carboxylic acids is 1. The van der Waals surface area contributed by atoms with Crippen LogP contribution in [0.15, 0.2) is 58.6 Å². The number of fused-ring (bicyclic) bond motifs is 1. The maximum Gasteiger partial charge on any atom is 0.213 e. The second-order valence-electron chi connectivity index (χ2n) is 4.31. The maximum atomic E-state index is 12.4. The summed E-state index contributed by atoms with van der Waals surface area (Å²) < 4.78 is 24.9. The van der Waals surface area contributed by atoms with Crippen LogP contribution in [-0.4, -0.2) is 19.2 Å². The van der Waals surface area contributed by atoms with Gasteiger partial charge in [0.25, 0.3) is 0 Å². The van der Waals surface area contributed by atoms with Crippen LogP contribution in [-0.2, 0) is 9.84 Å². The first-order valence-electron chi connectivity index (χ1n) is 5.82. The fraction of sp³-hybridized carbons (Fsp3) is 0. The normalized spacial score (nSPS) is 18.7. The van der Waals surface area contributed by atoms with Gasteiger partial charge in [0.2, 0.25) is 15.6 Å². The lowest BCUT2D eigenvalue weighted by molar-refractivity contribution is 0.104. The zero-order valence-electron chi connectivity index (χ0n) is 10.3. The molecule has 0 unspecified atom stereocenters. The smallest absolute Gasteiger partial charge is 0.213 e. The van der Waals surface area contributed by atoms with Gasteiger partial charge in [0.1, 0.15) is 4.91 Å². The minimum atomic E-state index is -3.87. The lowest BCUT2D eigenvalue weighted by Crippen LogP contribution is -2.11. The third-order valence-electron chi connectivity index (χ3n) is 3.11. The number of pyridine rings is 1. The van der Waals surface area contributed by atoms with Crippen molar-refractivity contribution in [2.75, 3.05) is 0 Å². The average molecular weight is 286 g/mol. The first kappa shape index (κ1) is 12.6. The van der Waals surface area contributed by atoms with Crippen LogP contribution in [0.2, 0.25) is 0 Å². The number of hydrogen-bond acceptors (Lipinski definition) is 5. The number of carbonyl (C=O) groups is 1. The molecule has 0 saturated heterocycles. The summed E-state index contributed by atoms with van der Waals surface area (Å²) in [6.07, 6.45) is 2.97. The Morgan fingerprint density at radius 3 is 2.50 bits per heavy atom. The summed E-state index contributed by atoms with van der Waals surface area (Å²) in [7, 11) is -3.87. The number of rotatable bonds is 1. The van der Waals surface area contributed by atoms with Gasteiger partial charge in [0, 0.05) is 23.5 Å². The van der Waals surface area contributed by atoms with Crippen molar-refractivity contribution in [2.45, 2.75) is 4.90 Å². The van der Waals surface area contributed by atoms with Crippen LogP contribution in [0.1, 0.15) is 15.9 Å². The molecule has 0 atom stereocenters. The van der Waals surface area contributed by atoms with E-state index in [2.05, 4.69) is 4.98 Å². The topological polar surface area (TPSA) is 90.1 Å². The van der Waals surface area contributed by atoms with Crippen LogP contribution in [0.4, 0.5) is 0 Å². The Bertz CT molecular complexity index is 840. The predicted octanol–water partition coefficient (Wildman–Crippen LogP) is 1.38. The highest BCUT2D eigenvalue weighted by Crippen LogP contribution is 2.36. The van der Waals surface area contributed by atoms with Gasteiger partial charge in [-0.25, -0.2) is 8.42 Å². The molecule has 6 heteroatoms. The van der Waals surface area contributed by atoms with Gasteiger partial charge < -0.3 is 5.73 Å². The number of aromatic nitrogens is 1. The fourth-order valence-electron chi connectivity index (χ4n) is 2.16. The van der Waals surface area contributed by atoms with Gasteiger partial charge in [0.05, 0.1) is 10.6 Å². The average Bonchev–Trinajstić information content (AvgIpc) is 2.67. The molecule has 0 bridgehead atoms. The monoisotopic (exact) mass is 286 g/mol. The molecule has 3 rings (SSSR count). The molecule has 2 N–H and O–H groups in total. The molecule has 2 heterocycles. The number of nitrogens with zero attached hydrogens (tertiary/aromatic N) is 1. The van der Waals surface area contributed by atoms with Crippen molar-refractivity contribution in [2.24, 2.45) is 5.73 Å².